The van der Waals surface area contributed by atoms with E-state index >= 15 is 0 Å². The first-order valence-electron chi connectivity index (χ1n) is 6.76. The van der Waals surface area contributed by atoms with E-state index in [0.717, 1.165) is 10.2 Å². The van der Waals surface area contributed by atoms with E-state index in [2.05, 4.69) is 21.0 Å². The number of hydrogen-bond donors (Lipinski definition) is 0. The average molecular weight is 409 g/mol. The molecule has 0 atom stereocenters. The van der Waals surface area contributed by atoms with Crippen molar-refractivity contribution in [1.82, 2.24) is 19.6 Å². The molecule has 1 aromatic heterocycles. The van der Waals surface area contributed by atoms with Crippen LogP contribution >= 0.6 is 15.9 Å². The number of rotatable bonds is 3. The SMILES string of the molecule is Cn1ncc(Br)c1CN1CCN(C(C(F)(F)F)C(F)(F)F)CC1. The molecular formula is C12H15BrF6N4. The zero-order valence-corrected chi connectivity index (χ0v) is 13.7. The molecule has 2 heterocycles. The molecule has 0 aromatic carbocycles. The molecule has 1 saturated heterocycles. The summed E-state index contributed by atoms with van der Waals surface area (Å²) in [6.07, 6.45) is -9.06. The summed E-state index contributed by atoms with van der Waals surface area (Å²) in [5, 5.41) is 4.02. The van der Waals surface area contributed by atoms with E-state index in [0.29, 0.717) is 11.4 Å². The molecule has 2 rings (SSSR count). The number of aromatic nitrogens is 2. The Labute approximate surface area is 137 Å². The Hall–Kier alpha value is -0.810. The molecule has 0 spiro atoms. The van der Waals surface area contributed by atoms with Gasteiger partial charge < -0.3 is 0 Å². The van der Waals surface area contributed by atoms with Gasteiger partial charge in [0.1, 0.15) is 0 Å². The summed E-state index contributed by atoms with van der Waals surface area (Å²) >= 11 is 3.31. The predicted molar refractivity (Wildman–Crippen MR) is 73.7 cm³/mol. The molecule has 1 aromatic rings. The van der Waals surface area contributed by atoms with E-state index in [1.807, 2.05) is 4.90 Å². The third kappa shape index (κ3) is 4.38. The summed E-state index contributed by atoms with van der Waals surface area (Å²) in [5.74, 6) is 0. The van der Waals surface area contributed by atoms with E-state index in [1.165, 1.54) is 0 Å². The van der Waals surface area contributed by atoms with Crippen LogP contribution in [0.1, 0.15) is 5.69 Å². The summed E-state index contributed by atoms with van der Waals surface area (Å²) in [6.45, 7) is 0.0759. The average Bonchev–Trinajstić information content (AvgIpc) is 2.69. The normalized spacial score (nSPS) is 18.8. The number of hydrogen-bond acceptors (Lipinski definition) is 3. The standard InChI is InChI=1S/C12H15BrF6N4/c1-21-9(8(13)6-20-21)7-22-2-4-23(5-3-22)10(11(14,15)16)12(17,18)19/h6,10H,2-5,7H2,1H3. The van der Waals surface area contributed by atoms with Crippen molar-refractivity contribution in [2.75, 3.05) is 26.2 Å². The van der Waals surface area contributed by atoms with Gasteiger partial charge in [-0.2, -0.15) is 31.4 Å². The molecule has 0 N–H and O–H groups in total. The van der Waals surface area contributed by atoms with Crippen LogP contribution in [-0.4, -0.2) is 64.2 Å². The van der Waals surface area contributed by atoms with Gasteiger partial charge >= 0.3 is 12.4 Å². The van der Waals surface area contributed by atoms with Crippen molar-refractivity contribution in [2.45, 2.75) is 24.9 Å². The molecule has 1 aliphatic rings. The molecule has 0 unspecified atom stereocenters. The maximum absolute atomic E-state index is 12.7. The molecule has 0 aliphatic carbocycles. The lowest BCUT2D eigenvalue weighted by atomic mass is 10.2. The van der Waals surface area contributed by atoms with Crippen LogP contribution in [-0.2, 0) is 13.6 Å². The van der Waals surface area contributed by atoms with Crippen molar-refractivity contribution in [3.05, 3.63) is 16.4 Å². The monoisotopic (exact) mass is 408 g/mol. The van der Waals surface area contributed by atoms with E-state index < -0.39 is 18.4 Å². The Bertz CT molecular complexity index is 499. The summed E-state index contributed by atoms with van der Waals surface area (Å²) in [7, 11) is 1.72. The second kappa shape index (κ2) is 6.60. The van der Waals surface area contributed by atoms with Crippen LogP contribution in [0.15, 0.2) is 10.7 Å². The van der Waals surface area contributed by atoms with Crippen LogP contribution in [0, 0.1) is 0 Å². The topological polar surface area (TPSA) is 24.3 Å². The van der Waals surface area contributed by atoms with Crippen LogP contribution in [0.4, 0.5) is 26.3 Å². The Kier molecular flexibility index (Phi) is 5.31. The molecule has 0 amide bonds. The minimum atomic E-state index is -5.33. The fourth-order valence-electron chi connectivity index (χ4n) is 2.60. The van der Waals surface area contributed by atoms with Gasteiger partial charge in [0, 0.05) is 39.8 Å². The fraction of sp³-hybridized carbons (Fsp3) is 0.750. The van der Waals surface area contributed by atoms with Gasteiger partial charge in [-0.3, -0.25) is 14.5 Å². The van der Waals surface area contributed by atoms with Gasteiger partial charge in [-0.25, -0.2) is 0 Å². The van der Waals surface area contributed by atoms with Crippen molar-refractivity contribution in [3.63, 3.8) is 0 Å². The highest BCUT2D eigenvalue weighted by Crippen LogP contribution is 2.37. The van der Waals surface area contributed by atoms with Gasteiger partial charge in [0.25, 0.3) is 0 Å². The zero-order chi connectivity index (χ0) is 17.4. The van der Waals surface area contributed by atoms with Crippen LogP contribution in [0.2, 0.25) is 0 Å². The first-order valence-corrected chi connectivity index (χ1v) is 7.55. The molecule has 0 saturated carbocycles. The highest BCUT2D eigenvalue weighted by Gasteiger charge is 2.59. The molecule has 1 fully saturated rings. The van der Waals surface area contributed by atoms with Gasteiger partial charge in [-0.05, 0) is 15.9 Å². The summed E-state index contributed by atoms with van der Waals surface area (Å²) in [4.78, 5) is 2.26. The molecule has 1 aliphatic heterocycles. The summed E-state index contributed by atoms with van der Waals surface area (Å²) in [5.41, 5.74) is 0.821. The zero-order valence-electron chi connectivity index (χ0n) is 12.1. The third-order valence-corrected chi connectivity index (χ3v) is 4.44. The quantitative estimate of drug-likeness (QED) is 0.718. The van der Waals surface area contributed by atoms with Crippen LogP contribution < -0.4 is 0 Å². The lowest BCUT2D eigenvalue weighted by Crippen LogP contribution is -2.60. The summed E-state index contributed by atoms with van der Waals surface area (Å²) < 4.78 is 78.7. The van der Waals surface area contributed by atoms with Crippen molar-refractivity contribution in [3.8, 4) is 0 Å². The minimum absolute atomic E-state index is 0.125. The number of alkyl halides is 6. The minimum Gasteiger partial charge on any atom is -0.295 e. The number of nitrogens with zero attached hydrogens (tertiary/aromatic N) is 4. The maximum atomic E-state index is 12.7. The Morgan fingerprint density at radius 2 is 1.61 bits per heavy atom. The molecular weight excluding hydrogens is 394 g/mol. The summed E-state index contributed by atoms with van der Waals surface area (Å²) in [6, 6.07) is -3.40. The van der Waals surface area contributed by atoms with Gasteiger partial charge in [0.05, 0.1) is 16.4 Å². The molecule has 132 valence electrons. The van der Waals surface area contributed by atoms with Crippen molar-refractivity contribution < 1.29 is 26.3 Å². The highest BCUT2D eigenvalue weighted by atomic mass is 79.9. The van der Waals surface area contributed by atoms with Gasteiger partial charge in [0.15, 0.2) is 0 Å². The Balaban J connectivity index is 2.00. The molecule has 11 heteroatoms. The van der Waals surface area contributed by atoms with E-state index in [1.54, 1.807) is 17.9 Å². The number of aryl methyl sites for hydroxylation is 1. The predicted octanol–water partition coefficient (Wildman–Crippen LogP) is 2.79. The lowest BCUT2D eigenvalue weighted by Gasteiger charge is -2.40. The van der Waals surface area contributed by atoms with E-state index in [-0.39, 0.29) is 26.2 Å². The molecule has 0 radical (unpaired) electrons. The van der Waals surface area contributed by atoms with Crippen molar-refractivity contribution in [1.29, 1.82) is 0 Å². The van der Waals surface area contributed by atoms with Gasteiger partial charge in [-0.1, -0.05) is 0 Å². The number of piperazine rings is 1. The lowest BCUT2D eigenvalue weighted by molar-refractivity contribution is -0.289. The first-order chi connectivity index (χ1) is 10.5. The van der Waals surface area contributed by atoms with Gasteiger partial charge in [0.2, 0.25) is 6.04 Å². The van der Waals surface area contributed by atoms with E-state index in [9.17, 15) is 26.3 Å². The Morgan fingerprint density at radius 3 is 2.00 bits per heavy atom. The smallest absolute Gasteiger partial charge is 0.295 e. The second-order valence-corrected chi connectivity index (χ2v) is 6.22. The Morgan fingerprint density at radius 1 is 1.09 bits per heavy atom. The van der Waals surface area contributed by atoms with Crippen LogP contribution in [0.25, 0.3) is 0 Å². The van der Waals surface area contributed by atoms with Crippen LogP contribution in [0.5, 0.6) is 0 Å². The molecule has 0 bridgehead atoms. The third-order valence-electron chi connectivity index (χ3n) is 3.78. The second-order valence-electron chi connectivity index (χ2n) is 5.36. The van der Waals surface area contributed by atoms with Crippen LogP contribution in [0.3, 0.4) is 0 Å². The maximum Gasteiger partial charge on any atom is 0.412 e. The van der Waals surface area contributed by atoms with E-state index in [4.69, 9.17) is 0 Å². The largest absolute Gasteiger partial charge is 0.412 e. The van der Waals surface area contributed by atoms with Gasteiger partial charge in [-0.15, -0.1) is 0 Å². The fourth-order valence-corrected chi connectivity index (χ4v) is 3.08. The van der Waals surface area contributed by atoms with Crippen molar-refractivity contribution in [2.24, 2.45) is 7.05 Å². The molecule has 4 nitrogen and oxygen atoms in total. The number of halogens is 7. The molecule has 23 heavy (non-hydrogen) atoms. The first kappa shape index (κ1) is 18.5. The highest BCUT2D eigenvalue weighted by molar-refractivity contribution is 9.10. The van der Waals surface area contributed by atoms with Crippen molar-refractivity contribution >= 4 is 15.9 Å².